The summed E-state index contributed by atoms with van der Waals surface area (Å²) in [6, 6.07) is 16.5. The van der Waals surface area contributed by atoms with Crippen LogP contribution in [0.15, 0.2) is 60.7 Å². The number of para-hydroxylation sites is 1. The molecule has 17 heavy (non-hydrogen) atoms. The van der Waals surface area contributed by atoms with Crippen LogP contribution in [0.3, 0.4) is 0 Å². The molecule has 0 spiro atoms. The van der Waals surface area contributed by atoms with Crippen molar-refractivity contribution in [2.45, 2.75) is 0 Å². The van der Waals surface area contributed by atoms with Crippen molar-refractivity contribution in [1.29, 1.82) is 0 Å². The molecule has 0 aliphatic heterocycles. The molecular formula is C12H14NO3P. The van der Waals surface area contributed by atoms with Gasteiger partial charge in [-0.25, -0.2) is 0 Å². The molecule has 0 fully saturated rings. The number of hydrogen-bond acceptors (Lipinski definition) is 4. The molecule has 4 N–H and O–H groups in total. The molecule has 0 aromatic heterocycles. The van der Waals surface area contributed by atoms with Gasteiger partial charge in [-0.15, -0.1) is 0 Å². The predicted octanol–water partition coefficient (Wildman–Crippen LogP) is 1.61. The summed E-state index contributed by atoms with van der Waals surface area (Å²) in [6.45, 7) is 0. The molecule has 2 rings (SSSR count). The Morgan fingerprint density at radius 2 is 1.18 bits per heavy atom. The molecule has 0 atom stereocenters. The zero-order valence-electron chi connectivity index (χ0n) is 9.06. The maximum absolute atomic E-state index is 10.0. The molecular weight excluding hydrogens is 237 g/mol. The van der Waals surface area contributed by atoms with Gasteiger partial charge in [-0.1, -0.05) is 0 Å². The van der Waals surface area contributed by atoms with Crippen LogP contribution < -0.4 is 10.4 Å². The van der Waals surface area contributed by atoms with Crippen molar-refractivity contribution in [1.82, 2.24) is 0 Å². The Labute approximate surface area is 99.4 Å². The van der Waals surface area contributed by atoms with Crippen LogP contribution in [0.5, 0.6) is 0 Å². The SMILES string of the molecule is OP(O)(O)(Nc1ccccc1)c1ccccc1. The van der Waals surface area contributed by atoms with Crippen LogP contribution in [0.25, 0.3) is 0 Å². The zero-order valence-corrected chi connectivity index (χ0v) is 9.96. The fraction of sp³-hybridized carbons (Fsp3) is 0. The van der Waals surface area contributed by atoms with E-state index >= 15 is 0 Å². The van der Waals surface area contributed by atoms with Crippen LogP contribution in [-0.2, 0) is 0 Å². The molecule has 0 aliphatic carbocycles. The van der Waals surface area contributed by atoms with Crippen molar-refractivity contribution >= 4 is 18.4 Å². The van der Waals surface area contributed by atoms with E-state index in [1.54, 1.807) is 48.5 Å². The van der Waals surface area contributed by atoms with Gasteiger partial charge in [0.25, 0.3) is 0 Å². The van der Waals surface area contributed by atoms with Gasteiger partial charge in [0, 0.05) is 0 Å². The third-order valence-electron chi connectivity index (χ3n) is 2.34. The van der Waals surface area contributed by atoms with Crippen molar-refractivity contribution in [2.75, 3.05) is 5.09 Å². The average molecular weight is 251 g/mol. The monoisotopic (exact) mass is 251 g/mol. The molecule has 0 bridgehead atoms. The van der Waals surface area contributed by atoms with E-state index in [2.05, 4.69) is 5.09 Å². The van der Waals surface area contributed by atoms with Crippen molar-refractivity contribution in [2.24, 2.45) is 0 Å². The van der Waals surface area contributed by atoms with Crippen molar-refractivity contribution in [3.8, 4) is 0 Å². The Bertz CT molecular complexity index is 493. The summed E-state index contributed by atoms with van der Waals surface area (Å²) in [5.74, 6) is 0. The van der Waals surface area contributed by atoms with Gasteiger partial charge in [-0.05, 0) is 0 Å². The van der Waals surface area contributed by atoms with Crippen LogP contribution in [0.2, 0.25) is 0 Å². The van der Waals surface area contributed by atoms with Crippen LogP contribution in [-0.4, -0.2) is 14.7 Å². The first kappa shape index (κ1) is 12.0. The van der Waals surface area contributed by atoms with E-state index in [1.165, 1.54) is 12.1 Å². The quantitative estimate of drug-likeness (QED) is 0.625. The molecule has 0 unspecified atom stereocenters. The van der Waals surface area contributed by atoms with E-state index in [9.17, 15) is 14.7 Å². The zero-order chi connectivity index (χ0) is 12.4. The van der Waals surface area contributed by atoms with E-state index in [4.69, 9.17) is 0 Å². The summed E-state index contributed by atoms with van der Waals surface area (Å²) in [4.78, 5) is 30.1. The average Bonchev–Trinajstić information content (AvgIpc) is 2.30. The van der Waals surface area contributed by atoms with Gasteiger partial charge in [0.15, 0.2) is 0 Å². The minimum atomic E-state index is -5.05. The van der Waals surface area contributed by atoms with E-state index in [0.29, 0.717) is 5.69 Å². The first-order valence-corrected chi connectivity index (χ1v) is 7.21. The van der Waals surface area contributed by atoms with E-state index in [0.717, 1.165) is 0 Å². The third-order valence-corrected chi connectivity index (χ3v) is 4.26. The number of anilines is 1. The second-order valence-corrected chi connectivity index (χ2v) is 6.49. The molecule has 90 valence electrons. The van der Waals surface area contributed by atoms with E-state index in [-0.39, 0.29) is 5.30 Å². The van der Waals surface area contributed by atoms with Gasteiger partial charge < -0.3 is 0 Å². The Hall–Kier alpha value is -1.45. The molecule has 4 nitrogen and oxygen atoms in total. The number of benzene rings is 2. The van der Waals surface area contributed by atoms with Gasteiger partial charge in [-0.2, -0.15) is 0 Å². The summed E-state index contributed by atoms with van der Waals surface area (Å²) < 4.78 is 0. The Morgan fingerprint density at radius 1 is 0.706 bits per heavy atom. The second kappa shape index (κ2) is 4.09. The molecule has 0 aliphatic rings. The van der Waals surface area contributed by atoms with Crippen molar-refractivity contribution in [3.63, 3.8) is 0 Å². The molecule has 0 amide bonds. The predicted molar refractivity (Wildman–Crippen MR) is 69.7 cm³/mol. The Kier molecular flexibility index (Phi) is 2.89. The summed E-state index contributed by atoms with van der Waals surface area (Å²) in [7, 11) is -5.05. The van der Waals surface area contributed by atoms with Crippen LogP contribution in [0.4, 0.5) is 5.69 Å². The number of nitrogens with one attached hydrogen (secondary N) is 1. The second-order valence-electron chi connectivity index (χ2n) is 3.79. The Balaban J connectivity index is 2.35. The standard InChI is InChI=1S/C12H14NO3P/c14-17(15,16,12-9-5-2-6-10-12)13-11-7-3-1-4-8-11/h1-10,13-16H. The number of rotatable bonds is 3. The molecule has 0 saturated carbocycles. The van der Waals surface area contributed by atoms with E-state index < -0.39 is 7.43 Å². The maximum atomic E-state index is 10.0. The molecule has 0 heterocycles. The summed E-state index contributed by atoms with van der Waals surface area (Å²) in [5.41, 5.74) is 0.446. The molecule has 0 saturated heterocycles. The van der Waals surface area contributed by atoms with Crippen LogP contribution in [0, 0.1) is 0 Å². The van der Waals surface area contributed by atoms with Gasteiger partial charge in [0.05, 0.1) is 0 Å². The van der Waals surface area contributed by atoms with Gasteiger partial charge in [0.2, 0.25) is 0 Å². The summed E-state index contributed by atoms with van der Waals surface area (Å²) in [5, 5.41) is 2.48. The molecule has 2 aromatic carbocycles. The van der Waals surface area contributed by atoms with E-state index in [1.807, 2.05) is 0 Å². The normalized spacial score (nSPS) is 13.7. The minimum absolute atomic E-state index is 0.0716. The van der Waals surface area contributed by atoms with Gasteiger partial charge in [0.1, 0.15) is 0 Å². The third kappa shape index (κ3) is 2.81. The first-order chi connectivity index (χ1) is 7.96. The first-order valence-electron chi connectivity index (χ1n) is 5.12. The van der Waals surface area contributed by atoms with Gasteiger partial charge in [-0.3, -0.25) is 0 Å². The topological polar surface area (TPSA) is 72.7 Å². The molecule has 2 aromatic rings. The van der Waals surface area contributed by atoms with Crippen molar-refractivity contribution < 1.29 is 14.7 Å². The van der Waals surface area contributed by atoms with Gasteiger partial charge >= 0.3 is 98.9 Å². The summed E-state index contributed by atoms with van der Waals surface area (Å²) >= 11 is 0. The van der Waals surface area contributed by atoms with Crippen molar-refractivity contribution in [3.05, 3.63) is 60.7 Å². The fourth-order valence-corrected chi connectivity index (χ4v) is 2.99. The molecule has 0 radical (unpaired) electrons. The fourth-order valence-electron chi connectivity index (χ4n) is 1.52. The number of hydrogen-bond donors (Lipinski definition) is 4. The van der Waals surface area contributed by atoms with Crippen LogP contribution in [0.1, 0.15) is 0 Å². The molecule has 5 heteroatoms. The summed E-state index contributed by atoms with van der Waals surface area (Å²) in [6.07, 6.45) is 0. The Morgan fingerprint density at radius 3 is 1.71 bits per heavy atom. The van der Waals surface area contributed by atoms with Crippen LogP contribution >= 0.6 is 7.43 Å².